The molecule has 8 heteroatoms. The van der Waals surface area contributed by atoms with Crippen LogP contribution in [0.4, 0.5) is 0 Å². The van der Waals surface area contributed by atoms with Gasteiger partial charge in [-0.05, 0) is 57.9 Å². The van der Waals surface area contributed by atoms with Crippen molar-refractivity contribution in [3.63, 3.8) is 0 Å². The molecule has 1 amide bonds. The first-order valence-electron chi connectivity index (χ1n) is 12.4. The van der Waals surface area contributed by atoms with Gasteiger partial charge in [0.05, 0.1) is 26.0 Å². The van der Waals surface area contributed by atoms with E-state index in [1.165, 1.54) is 20.4 Å². The average Bonchev–Trinajstić information content (AvgIpc) is 3.00. The summed E-state index contributed by atoms with van der Waals surface area (Å²) in [4.78, 5) is 25.4. The lowest BCUT2D eigenvalue weighted by molar-refractivity contribution is -0.123. The molecule has 0 aromatic heterocycles. The van der Waals surface area contributed by atoms with Crippen molar-refractivity contribution in [2.45, 2.75) is 0 Å². The van der Waals surface area contributed by atoms with Gasteiger partial charge < -0.3 is 18.9 Å². The Labute approximate surface area is 230 Å². The van der Waals surface area contributed by atoms with Crippen LogP contribution in [-0.2, 0) is 4.79 Å². The zero-order valence-corrected chi connectivity index (χ0v) is 21.9. The molecule has 0 aliphatic rings. The van der Waals surface area contributed by atoms with Gasteiger partial charge in [0, 0.05) is 5.56 Å². The molecule has 0 heterocycles. The molecule has 0 atom stereocenters. The molecule has 40 heavy (non-hydrogen) atoms. The van der Waals surface area contributed by atoms with Crippen LogP contribution in [0.25, 0.3) is 21.5 Å². The summed E-state index contributed by atoms with van der Waals surface area (Å²) < 4.78 is 21.9. The number of amides is 1. The SMILES string of the molecule is COc1ccc(C(=O)Oc2ccc3ccccc3c2/C=N\NC(=O)COc2ccc3ccccc3c2)cc1OC. The van der Waals surface area contributed by atoms with E-state index in [4.69, 9.17) is 18.9 Å². The Bertz CT molecular complexity index is 1730. The maximum Gasteiger partial charge on any atom is 0.343 e. The molecule has 200 valence electrons. The van der Waals surface area contributed by atoms with Crippen molar-refractivity contribution >= 4 is 39.6 Å². The van der Waals surface area contributed by atoms with E-state index in [9.17, 15) is 9.59 Å². The van der Waals surface area contributed by atoms with Gasteiger partial charge in [-0.2, -0.15) is 5.10 Å². The minimum Gasteiger partial charge on any atom is -0.493 e. The molecule has 5 rings (SSSR count). The molecule has 0 aliphatic heterocycles. The smallest absolute Gasteiger partial charge is 0.343 e. The van der Waals surface area contributed by atoms with Crippen LogP contribution in [0.2, 0.25) is 0 Å². The minimum atomic E-state index is -0.585. The summed E-state index contributed by atoms with van der Waals surface area (Å²) in [7, 11) is 3.01. The molecule has 8 nitrogen and oxygen atoms in total. The van der Waals surface area contributed by atoms with E-state index in [0.717, 1.165) is 21.5 Å². The van der Waals surface area contributed by atoms with Gasteiger partial charge in [0.15, 0.2) is 18.1 Å². The van der Waals surface area contributed by atoms with Crippen LogP contribution in [0.15, 0.2) is 102 Å². The van der Waals surface area contributed by atoms with Crippen molar-refractivity contribution in [1.29, 1.82) is 0 Å². The predicted octanol–water partition coefficient (Wildman–Crippen LogP) is 5.76. The highest BCUT2D eigenvalue weighted by Crippen LogP contribution is 2.30. The fraction of sp³-hybridized carbons (Fsp3) is 0.0938. The topological polar surface area (TPSA) is 95.5 Å². The van der Waals surface area contributed by atoms with E-state index in [0.29, 0.717) is 22.8 Å². The highest BCUT2D eigenvalue weighted by atomic mass is 16.5. The molecule has 0 fully saturated rings. The number of carbonyl (C=O) groups excluding carboxylic acids is 2. The van der Waals surface area contributed by atoms with Gasteiger partial charge in [0.2, 0.25) is 0 Å². The number of methoxy groups -OCH3 is 2. The number of nitrogens with zero attached hydrogens (tertiary/aromatic N) is 1. The summed E-state index contributed by atoms with van der Waals surface area (Å²) in [5, 5.41) is 7.93. The lowest BCUT2D eigenvalue weighted by Crippen LogP contribution is -2.24. The minimum absolute atomic E-state index is 0.216. The van der Waals surface area contributed by atoms with Crippen molar-refractivity contribution in [3.05, 3.63) is 108 Å². The molecule has 0 bridgehead atoms. The Morgan fingerprint density at radius 2 is 1.45 bits per heavy atom. The number of nitrogens with one attached hydrogen (secondary N) is 1. The first-order chi connectivity index (χ1) is 19.6. The Balaban J connectivity index is 1.31. The van der Waals surface area contributed by atoms with Crippen LogP contribution in [0, 0.1) is 0 Å². The predicted molar refractivity (Wildman–Crippen MR) is 154 cm³/mol. The summed E-state index contributed by atoms with van der Waals surface area (Å²) in [5.74, 6) is 0.746. The van der Waals surface area contributed by atoms with Crippen molar-refractivity contribution in [1.82, 2.24) is 5.43 Å². The van der Waals surface area contributed by atoms with E-state index in [1.54, 1.807) is 24.3 Å². The number of hydrogen-bond acceptors (Lipinski definition) is 7. The van der Waals surface area contributed by atoms with E-state index in [2.05, 4.69) is 10.5 Å². The molecular formula is C32H26N2O6. The lowest BCUT2D eigenvalue weighted by atomic mass is 10.0. The molecule has 1 N–H and O–H groups in total. The van der Waals surface area contributed by atoms with Crippen LogP contribution in [0.1, 0.15) is 15.9 Å². The van der Waals surface area contributed by atoms with Crippen LogP contribution in [0.5, 0.6) is 23.0 Å². The second-order valence-electron chi connectivity index (χ2n) is 8.75. The number of fused-ring (bicyclic) bond motifs is 2. The third-order valence-electron chi connectivity index (χ3n) is 6.23. The maximum atomic E-state index is 13.0. The van der Waals surface area contributed by atoms with Crippen molar-refractivity contribution in [3.8, 4) is 23.0 Å². The second-order valence-corrected chi connectivity index (χ2v) is 8.75. The van der Waals surface area contributed by atoms with E-state index >= 15 is 0 Å². The Morgan fingerprint density at radius 3 is 2.25 bits per heavy atom. The summed E-state index contributed by atoms with van der Waals surface area (Å²) in [5.41, 5.74) is 3.29. The molecule has 0 radical (unpaired) electrons. The fourth-order valence-corrected chi connectivity index (χ4v) is 4.23. The Morgan fingerprint density at radius 1 is 0.750 bits per heavy atom. The average molecular weight is 535 g/mol. The third-order valence-corrected chi connectivity index (χ3v) is 6.23. The van der Waals surface area contributed by atoms with Crippen molar-refractivity contribution in [2.24, 2.45) is 5.10 Å². The van der Waals surface area contributed by atoms with Crippen LogP contribution < -0.4 is 24.4 Å². The first-order valence-corrected chi connectivity index (χ1v) is 12.4. The maximum absolute atomic E-state index is 13.0. The van der Waals surface area contributed by atoms with E-state index in [-0.39, 0.29) is 17.9 Å². The molecule has 0 saturated heterocycles. The number of rotatable bonds is 9. The monoisotopic (exact) mass is 534 g/mol. The van der Waals surface area contributed by atoms with Crippen molar-refractivity contribution in [2.75, 3.05) is 20.8 Å². The zero-order valence-electron chi connectivity index (χ0n) is 21.9. The number of hydrazone groups is 1. The molecule has 5 aromatic carbocycles. The zero-order chi connectivity index (χ0) is 27.9. The van der Waals surface area contributed by atoms with Gasteiger partial charge in [0.25, 0.3) is 5.91 Å². The van der Waals surface area contributed by atoms with Gasteiger partial charge in [0.1, 0.15) is 11.5 Å². The number of ether oxygens (including phenoxy) is 4. The Hall–Kier alpha value is -5.37. The third kappa shape index (κ3) is 5.86. The van der Waals surface area contributed by atoms with Crippen LogP contribution in [-0.4, -0.2) is 38.9 Å². The van der Waals surface area contributed by atoms with Crippen molar-refractivity contribution < 1.29 is 28.5 Å². The molecule has 0 aliphatic carbocycles. The standard InChI is InChI=1S/C32H26N2O6/c1-37-29-16-13-24(18-30(29)38-2)32(36)40-28-15-12-22-8-5-6-10-26(22)27(28)19-33-34-31(35)20-39-25-14-11-21-7-3-4-9-23(21)17-25/h3-19H,20H2,1-2H3,(H,34,35)/b33-19-. The van der Waals surface area contributed by atoms with Gasteiger partial charge in [-0.25, -0.2) is 10.2 Å². The highest BCUT2D eigenvalue weighted by Gasteiger charge is 2.16. The normalized spacial score (nSPS) is 10.9. The number of esters is 1. The summed E-state index contributed by atoms with van der Waals surface area (Å²) >= 11 is 0. The number of benzene rings is 5. The largest absolute Gasteiger partial charge is 0.493 e. The first kappa shape index (κ1) is 26.2. The molecular weight excluding hydrogens is 508 g/mol. The van der Waals surface area contributed by atoms with Gasteiger partial charge in [-0.3, -0.25) is 4.79 Å². The number of carbonyl (C=O) groups is 2. The van der Waals surface area contributed by atoms with Crippen LogP contribution >= 0.6 is 0 Å². The summed E-state index contributed by atoms with van der Waals surface area (Å²) in [6.07, 6.45) is 1.45. The van der Waals surface area contributed by atoms with Gasteiger partial charge >= 0.3 is 5.97 Å². The second kappa shape index (κ2) is 12.0. The van der Waals surface area contributed by atoms with Crippen LogP contribution in [0.3, 0.4) is 0 Å². The molecule has 0 spiro atoms. The van der Waals surface area contributed by atoms with E-state index in [1.807, 2.05) is 72.8 Å². The summed E-state index contributed by atoms with van der Waals surface area (Å²) in [6, 6.07) is 29.4. The summed E-state index contributed by atoms with van der Waals surface area (Å²) in [6.45, 7) is -0.216. The van der Waals surface area contributed by atoms with E-state index < -0.39 is 11.9 Å². The molecule has 0 unspecified atom stereocenters. The fourth-order valence-electron chi connectivity index (χ4n) is 4.23. The quantitative estimate of drug-likeness (QED) is 0.112. The van der Waals surface area contributed by atoms with Gasteiger partial charge in [-0.1, -0.05) is 60.7 Å². The highest BCUT2D eigenvalue weighted by molar-refractivity contribution is 6.04. The molecule has 0 saturated carbocycles. The Kier molecular flexibility index (Phi) is 7.87. The van der Waals surface area contributed by atoms with Gasteiger partial charge in [-0.15, -0.1) is 0 Å². The molecule has 5 aromatic rings. The number of hydrogen-bond donors (Lipinski definition) is 1. The lowest BCUT2D eigenvalue weighted by Gasteiger charge is -2.12.